The fourth-order valence-electron chi connectivity index (χ4n) is 1.10. The maximum absolute atomic E-state index is 4.13. The lowest BCUT2D eigenvalue weighted by Crippen LogP contribution is -1.95. The summed E-state index contributed by atoms with van der Waals surface area (Å²) in [6.07, 6.45) is 8.18. The molecule has 60 valence electrons. The zero-order valence-corrected chi connectivity index (χ0v) is 7.41. The van der Waals surface area contributed by atoms with Gasteiger partial charge in [-0.3, -0.25) is 4.99 Å². The van der Waals surface area contributed by atoms with E-state index in [-0.39, 0.29) is 0 Å². The third kappa shape index (κ3) is 2.34. The molecular weight excluding hydrogens is 134 g/mol. The van der Waals surface area contributed by atoms with Crippen molar-refractivity contribution in [1.82, 2.24) is 0 Å². The van der Waals surface area contributed by atoms with E-state index in [9.17, 15) is 0 Å². The second-order valence-electron chi connectivity index (χ2n) is 3.29. The molecule has 0 aromatic rings. The summed E-state index contributed by atoms with van der Waals surface area (Å²) in [5.74, 6) is 1.08. The van der Waals surface area contributed by atoms with Gasteiger partial charge in [0.2, 0.25) is 0 Å². The van der Waals surface area contributed by atoms with Gasteiger partial charge in [0.05, 0.1) is 0 Å². The van der Waals surface area contributed by atoms with E-state index >= 15 is 0 Å². The van der Waals surface area contributed by atoms with Crippen molar-refractivity contribution in [2.75, 3.05) is 0 Å². The minimum absolute atomic E-state index is 0.474. The minimum Gasteiger partial charge on any atom is -0.268 e. The third-order valence-corrected chi connectivity index (χ3v) is 1.80. The molecule has 1 atom stereocenters. The Morgan fingerprint density at radius 1 is 1.45 bits per heavy atom. The number of aliphatic imine (C=N–C) groups is 1. The summed E-state index contributed by atoms with van der Waals surface area (Å²) < 4.78 is 0. The number of allylic oxidation sites excluding steroid dienone is 3. The molecule has 0 aromatic carbocycles. The molecule has 1 nitrogen and oxygen atoms in total. The van der Waals surface area contributed by atoms with Gasteiger partial charge in [0.25, 0.3) is 0 Å². The molecule has 0 N–H and O–H groups in total. The Kier molecular flexibility index (Phi) is 2.64. The maximum Gasteiger partial charge on any atom is 0.0266 e. The SMILES string of the molecule is CC1C=NC=CC(C(C)C)=C1. The van der Waals surface area contributed by atoms with E-state index in [2.05, 4.69) is 37.9 Å². The molecule has 1 heterocycles. The fraction of sp³-hybridized carbons (Fsp3) is 0.500. The van der Waals surface area contributed by atoms with Crippen LogP contribution < -0.4 is 0 Å². The molecule has 1 aliphatic rings. The van der Waals surface area contributed by atoms with E-state index < -0.39 is 0 Å². The highest BCUT2D eigenvalue weighted by atomic mass is 14.7. The van der Waals surface area contributed by atoms with Crippen molar-refractivity contribution in [2.45, 2.75) is 20.8 Å². The van der Waals surface area contributed by atoms with Crippen LogP contribution in [0.3, 0.4) is 0 Å². The Morgan fingerprint density at radius 2 is 2.18 bits per heavy atom. The van der Waals surface area contributed by atoms with Crippen LogP contribution in [-0.4, -0.2) is 6.21 Å². The highest BCUT2D eigenvalue weighted by molar-refractivity contribution is 5.65. The Bertz CT molecular complexity index is 209. The van der Waals surface area contributed by atoms with Crippen LogP contribution in [-0.2, 0) is 0 Å². The summed E-state index contributed by atoms with van der Waals surface area (Å²) >= 11 is 0. The van der Waals surface area contributed by atoms with Gasteiger partial charge in [-0.2, -0.15) is 0 Å². The smallest absolute Gasteiger partial charge is 0.0266 e. The van der Waals surface area contributed by atoms with Crippen molar-refractivity contribution in [3.8, 4) is 0 Å². The van der Waals surface area contributed by atoms with Crippen LogP contribution >= 0.6 is 0 Å². The van der Waals surface area contributed by atoms with Crippen molar-refractivity contribution >= 4 is 6.21 Å². The molecule has 1 aliphatic heterocycles. The molecule has 11 heavy (non-hydrogen) atoms. The summed E-state index contributed by atoms with van der Waals surface area (Å²) in [7, 11) is 0. The van der Waals surface area contributed by atoms with Gasteiger partial charge in [0.1, 0.15) is 0 Å². The quantitative estimate of drug-likeness (QED) is 0.543. The number of hydrogen-bond donors (Lipinski definition) is 0. The van der Waals surface area contributed by atoms with Crippen molar-refractivity contribution < 1.29 is 0 Å². The second kappa shape index (κ2) is 3.51. The van der Waals surface area contributed by atoms with Crippen molar-refractivity contribution in [1.29, 1.82) is 0 Å². The highest BCUT2D eigenvalue weighted by Gasteiger charge is 2.02. The predicted molar refractivity (Wildman–Crippen MR) is 49.7 cm³/mol. The summed E-state index contributed by atoms with van der Waals surface area (Å²) in [4.78, 5) is 4.13. The van der Waals surface area contributed by atoms with Crippen LogP contribution in [0.25, 0.3) is 0 Å². The van der Waals surface area contributed by atoms with E-state index in [1.807, 2.05) is 12.4 Å². The summed E-state index contributed by atoms with van der Waals surface area (Å²) in [5.41, 5.74) is 1.38. The van der Waals surface area contributed by atoms with Gasteiger partial charge in [-0.1, -0.05) is 26.8 Å². The Labute approximate surface area is 68.5 Å². The van der Waals surface area contributed by atoms with Crippen molar-refractivity contribution in [2.24, 2.45) is 16.8 Å². The molecule has 0 saturated heterocycles. The van der Waals surface area contributed by atoms with E-state index in [0.29, 0.717) is 11.8 Å². The molecule has 0 spiro atoms. The topological polar surface area (TPSA) is 12.4 Å². The van der Waals surface area contributed by atoms with E-state index in [1.54, 1.807) is 0 Å². The first-order chi connectivity index (χ1) is 5.20. The molecule has 0 aromatic heterocycles. The standard InChI is InChI=1S/C10H15N/c1-8(2)10-4-5-11-7-9(3)6-10/h4-9H,1-3H3. The molecule has 0 aliphatic carbocycles. The van der Waals surface area contributed by atoms with Crippen LogP contribution in [0.5, 0.6) is 0 Å². The molecule has 0 radical (unpaired) electrons. The van der Waals surface area contributed by atoms with Gasteiger partial charge in [-0.25, -0.2) is 0 Å². The largest absolute Gasteiger partial charge is 0.268 e. The molecule has 1 rings (SSSR count). The first kappa shape index (κ1) is 8.25. The Hall–Kier alpha value is -0.850. The monoisotopic (exact) mass is 149 g/mol. The zero-order valence-electron chi connectivity index (χ0n) is 7.41. The van der Waals surface area contributed by atoms with Gasteiger partial charge >= 0.3 is 0 Å². The second-order valence-corrected chi connectivity index (χ2v) is 3.29. The van der Waals surface area contributed by atoms with Gasteiger partial charge < -0.3 is 0 Å². The maximum atomic E-state index is 4.13. The molecule has 0 bridgehead atoms. The van der Waals surface area contributed by atoms with Gasteiger partial charge in [0, 0.05) is 18.3 Å². The lowest BCUT2D eigenvalue weighted by molar-refractivity contribution is 0.779. The first-order valence-electron chi connectivity index (χ1n) is 4.11. The number of nitrogens with zero attached hydrogens (tertiary/aromatic N) is 1. The summed E-state index contributed by atoms with van der Waals surface area (Å²) in [6, 6.07) is 0. The Balaban J connectivity index is 2.80. The van der Waals surface area contributed by atoms with Crippen molar-refractivity contribution in [3.05, 3.63) is 23.9 Å². The lowest BCUT2D eigenvalue weighted by atomic mass is 9.99. The average molecular weight is 149 g/mol. The summed E-state index contributed by atoms with van der Waals surface area (Å²) in [6.45, 7) is 6.56. The van der Waals surface area contributed by atoms with Gasteiger partial charge in [-0.05, 0) is 17.6 Å². The molecule has 0 fully saturated rings. The van der Waals surface area contributed by atoms with Crippen molar-refractivity contribution in [3.63, 3.8) is 0 Å². The molecule has 0 amide bonds. The van der Waals surface area contributed by atoms with Crippen LogP contribution in [0.15, 0.2) is 28.9 Å². The number of hydrogen-bond acceptors (Lipinski definition) is 1. The fourth-order valence-corrected chi connectivity index (χ4v) is 1.10. The van der Waals surface area contributed by atoms with E-state index in [1.165, 1.54) is 5.57 Å². The third-order valence-electron chi connectivity index (χ3n) is 1.80. The first-order valence-corrected chi connectivity index (χ1v) is 4.11. The molecule has 0 saturated carbocycles. The van der Waals surface area contributed by atoms with Gasteiger partial charge in [-0.15, -0.1) is 0 Å². The summed E-state index contributed by atoms with van der Waals surface area (Å²) in [5, 5.41) is 0. The van der Waals surface area contributed by atoms with E-state index in [4.69, 9.17) is 0 Å². The average Bonchev–Trinajstić information content (AvgIpc) is 2.13. The number of rotatable bonds is 1. The predicted octanol–water partition coefficient (Wildman–Crippen LogP) is 2.80. The zero-order chi connectivity index (χ0) is 8.27. The molecule has 1 unspecified atom stereocenters. The van der Waals surface area contributed by atoms with Crippen LogP contribution in [0.1, 0.15) is 20.8 Å². The Morgan fingerprint density at radius 3 is 2.82 bits per heavy atom. The van der Waals surface area contributed by atoms with Crippen LogP contribution in [0.2, 0.25) is 0 Å². The normalized spacial score (nSPS) is 23.6. The van der Waals surface area contributed by atoms with E-state index in [0.717, 1.165) is 0 Å². The lowest BCUT2D eigenvalue weighted by Gasteiger charge is -2.05. The van der Waals surface area contributed by atoms with Crippen LogP contribution in [0.4, 0.5) is 0 Å². The molecule has 1 heteroatoms. The van der Waals surface area contributed by atoms with Crippen LogP contribution in [0, 0.1) is 11.8 Å². The van der Waals surface area contributed by atoms with Gasteiger partial charge in [0.15, 0.2) is 0 Å². The highest BCUT2D eigenvalue weighted by Crippen LogP contribution is 2.15. The molecular formula is C10H15N. The minimum atomic E-state index is 0.474.